The molecule has 0 aliphatic carbocycles. The highest BCUT2D eigenvalue weighted by Gasteiger charge is 2.04. The van der Waals surface area contributed by atoms with Gasteiger partial charge in [-0.15, -0.1) is 5.11 Å². The summed E-state index contributed by atoms with van der Waals surface area (Å²) >= 11 is 0. The summed E-state index contributed by atoms with van der Waals surface area (Å²) in [6.07, 6.45) is 0. The van der Waals surface area contributed by atoms with Crippen molar-refractivity contribution in [3.05, 3.63) is 34.4 Å². The Kier molecular flexibility index (Phi) is 4.09. The Morgan fingerprint density at radius 2 is 2.24 bits per heavy atom. The zero-order valence-corrected chi connectivity index (χ0v) is 8.94. The fraction of sp³-hybridized carbons (Fsp3) is 0.222. The lowest BCUT2D eigenvalue weighted by Gasteiger charge is -2.10. The van der Waals surface area contributed by atoms with Gasteiger partial charge in [0.15, 0.2) is 0 Å². The van der Waals surface area contributed by atoms with Crippen LogP contribution in [0.25, 0.3) is 0 Å². The molecule has 1 aromatic rings. The van der Waals surface area contributed by atoms with Gasteiger partial charge >= 0.3 is 0 Å². The van der Waals surface area contributed by atoms with Gasteiger partial charge in [0.05, 0.1) is 23.1 Å². The third-order valence-corrected chi connectivity index (χ3v) is 1.71. The summed E-state index contributed by atoms with van der Waals surface area (Å²) in [5, 5.41) is 29.0. The van der Waals surface area contributed by atoms with Crippen LogP contribution < -0.4 is 5.11 Å². The molecule has 0 aliphatic heterocycles. The van der Waals surface area contributed by atoms with Gasteiger partial charge in [-0.2, -0.15) is 0 Å². The molecular weight excluding hydrogens is 228 g/mol. The van der Waals surface area contributed by atoms with Crippen LogP contribution in [0.2, 0.25) is 0 Å². The minimum absolute atomic E-state index is 0.107. The maximum absolute atomic E-state index is 10.5. The molecular formula is C9H9N4O4-. The number of carbonyl (C=O) groups is 1. The number of nitrogens with zero attached hydrogens (tertiary/aromatic N) is 4. The van der Waals surface area contributed by atoms with Crippen molar-refractivity contribution in [2.75, 3.05) is 13.6 Å². The predicted molar refractivity (Wildman–Crippen MR) is 55.2 cm³/mol. The number of carbonyl (C=O) groups excluding carboxylic acids is 1. The van der Waals surface area contributed by atoms with Gasteiger partial charge in [0.2, 0.25) is 0 Å². The van der Waals surface area contributed by atoms with Crippen molar-refractivity contribution in [2.24, 2.45) is 10.3 Å². The summed E-state index contributed by atoms with van der Waals surface area (Å²) in [4.78, 5) is 20.1. The van der Waals surface area contributed by atoms with Crippen LogP contribution in [0.4, 0.5) is 11.4 Å². The second kappa shape index (κ2) is 5.54. The van der Waals surface area contributed by atoms with E-state index in [0.717, 1.165) is 5.01 Å². The Morgan fingerprint density at radius 3 is 2.82 bits per heavy atom. The Morgan fingerprint density at radius 1 is 1.53 bits per heavy atom. The van der Waals surface area contributed by atoms with Gasteiger partial charge in [0.25, 0.3) is 5.69 Å². The highest BCUT2D eigenvalue weighted by molar-refractivity contribution is 5.66. The molecule has 0 aliphatic rings. The molecule has 0 radical (unpaired) electrons. The van der Waals surface area contributed by atoms with E-state index in [-0.39, 0.29) is 11.4 Å². The summed E-state index contributed by atoms with van der Waals surface area (Å²) in [7, 11) is 1.40. The standard InChI is InChI=1S/C9H10N4O4/c1-12(6-9(14)15)11-10-7-3-2-4-8(5-7)13(16)17/h2-5H,6H2,1H3,(H,14,15)/p-1. The molecule has 0 aromatic heterocycles. The molecule has 0 spiro atoms. The molecule has 0 bridgehead atoms. The van der Waals surface area contributed by atoms with Crippen LogP contribution in [0, 0.1) is 10.1 Å². The number of aliphatic carboxylic acids is 1. The topological polar surface area (TPSA) is 111 Å². The molecule has 0 atom stereocenters. The molecule has 0 unspecified atom stereocenters. The Labute approximate surface area is 96.3 Å². The van der Waals surface area contributed by atoms with Crippen molar-refractivity contribution in [3.63, 3.8) is 0 Å². The zero-order chi connectivity index (χ0) is 12.8. The van der Waals surface area contributed by atoms with Crippen molar-refractivity contribution < 1.29 is 14.8 Å². The van der Waals surface area contributed by atoms with Gasteiger partial charge in [-0.25, -0.2) is 0 Å². The Hall–Kier alpha value is -2.51. The van der Waals surface area contributed by atoms with Gasteiger partial charge in [-0.1, -0.05) is 11.3 Å². The maximum atomic E-state index is 10.5. The molecule has 0 N–H and O–H groups in total. The van der Waals surface area contributed by atoms with E-state index >= 15 is 0 Å². The van der Waals surface area contributed by atoms with Crippen LogP contribution in [-0.2, 0) is 4.79 Å². The van der Waals surface area contributed by atoms with Crippen molar-refractivity contribution in [1.82, 2.24) is 5.01 Å². The van der Waals surface area contributed by atoms with E-state index in [2.05, 4.69) is 10.3 Å². The van der Waals surface area contributed by atoms with Gasteiger partial charge in [-0.05, 0) is 6.07 Å². The molecule has 17 heavy (non-hydrogen) atoms. The monoisotopic (exact) mass is 237 g/mol. The lowest BCUT2D eigenvalue weighted by Crippen LogP contribution is -2.33. The minimum Gasteiger partial charge on any atom is -0.548 e. The van der Waals surface area contributed by atoms with Crippen LogP contribution in [0.1, 0.15) is 0 Å². The lowest BCUT2D eigenvalue weighted by atomic mass is 10.3. The van der Waals surface area contributed by atoms with Crippen LogP contribution in [-0.4, -0.2) is 29.5 Å². The van der Waals surface area contributed by atoms with Crippen LogP contribution in [0.5, 0.6) is 0 Å². The summed E-state index contributed by atoms with van der Waals surface area (Å²) < 4.78 is 0. The molecule has 1 rings (SSSR count). The van der Waals surface area contributed by atoms with Crippen LogP contribution >= 0.6 is 0 Å². The maximum Gasteiger partial charge on any atom is 0.271 e. The lowest BCUT2D eigenvalue weighted by molar-refractivity contribution is -0.384. The average Bonchev–Trinajstić information content (AvgIpc) is 2.26. The van der Waals surface area contributed by atoms with Crippen molar-refractivity contribution in [3.8, 4) is 0 Å². The van der Waals surface area contributed by atoms with E-state index in [4.69, 9.17) is 0 Å². The number of likely N-dealkylation sites (N-methyl/N-ethyl adjacent to an activating group) is 1. The molecule has 90 valence electrons. The third kappa shape index (κ3) is 4.24. The van der Waals surface area contributed by atoms with Crippen molar-refractivity contribution in [2.45, 2.75) is 0 Å². The van der Waals surface area contributed by atoms with E-state index in [1.807, 2.05) is 0 Å². The molecule has 8 nitrogen and oxygen atoms in total. The first-order valence-corrected chi connectivity index (χ1v) is 4.56. The van der Waals surface area contributed by atoms with Gasteiger partial charge in [0.1, 0.15) is 0 Å². The number of hydrogen-bond acceptors (Lipinski definition) is 6. The van der Waals surface area contributed by atoms with Gasteiger partial charge in [-0.3, -0.25) is 15.1 Å². The minimum atomic E-state index is -1.29. The fourth-order valence-electron chi connectivity index (χ4n) is 1.02. The van der Waals surface area contributed by atoms with Gasteiger partial charge < -0.3 is 9.90 Å². The fourth-order valence-corrected chi connectivity index (χ4v) is 1.02. The molecule has 0 fully saturated rings. The number of carboxylic acid groups (broad SMARTS) is 1. The number of non-ortho nitro benzene ring substituents is 1. The summed E-state index contributed by atoms with van der Waals surface area (Å²) in [6, 6.07) is 5.54. The van der Waals surface area contributed by atoms with E-state index < -0.39 is 17.4 Å². The number of benzene rings is 1. The van der Waals surface area contributed by atoms with Crippen molar-refractivity contribution in [1.29, 1.82) is 0 Å². The van der Waals surface area contributed by atoms with E-state index in [1.165, 1.54) is 31.3 Å². The van der Waals surface area contributed by atoms with Crippen LogP contribution in [0.15, 0.2) is 34.6 Å². The summed E-state index contributed by atoms with van der Waals surface area (Å²) in [5.74, 6) is -1.29. The molecule has 0 amide bonds. The first-order chi connectivity index (χ1) is 7.99. The SMILES string of the molecule is CN(CC(=O)[O-])N=Nc1cccc([N+](=O)[O-])c1. The zero-order valence-electron chi connectivity index (χ0n) is 8.94. The Bertz CT molecular complexity index is 460. The van der Waals surface area contributed by atoms with E-state index in [0.29, 0.717) is 0 Å². The number of hydrogen-bond donors (Lipinski definition) is 0. The second-order valence-corrected chi connectivity index (χ2v) is 3.15. The number of nitro benzene ring substituents is 1. The summed E-state index contributed by atoms with van der Waals surface area (Å²) in [5.41, 5.74) is 0.161. The predicted octanol–water partition coefficient (Wildman–Crippen LogP) is 0.275. The highest BCUT2D eigenvalue weighted by atomic mass is 16.6. The molecule has 0 heterocycles. The highest BCUT2D eigenvalue weighted by Crippen LogP contribution is 2.19. The number of carboxylic acids is 1. The quantitative estimate of drug-likeness (QED) is 0.414. The largest absolute Gasteiger partial charge is 0.548 e. The smallest absolute Gasteiger partial charge is 0.271 e. The molecule has 0 saturated heterocycles. The second-order valence-electron chi connectivity index (χ2n) is 3.15. The third-order valence-electron chi connectivity index (χ3n) is 1.71. The first kappa shape index (κ1) is 12.6. The Balaban J connectivity index is 2.74. The van der Waals surface area contributed by atoms with Crippen LogP contribution in [0.3, 0.4) is 0 Å². The van der Waals surface area contributed by atoms with E-state index in [9.17, 15) is 20.0 Å². The molecule has 1 aromatic carbocycles. The molecule has 8 heteroatoms. The first-order valence-electron chi connectivity index (χ1n) is 4.56. The number of nitro groups is 1. The number of rotatable bonds is 5. The van der Waals surface area contributed by atoms with E-state index in [1.54, 1.807) is 0 Å². The average molecular weight is 237 g/mol. The molecule has 0 saturated carbocycles. The van der Waals surface area contributed by atoms with Crippen molar-refractivity contribution >= 4 is 17.3 Å². The summed E-state index contributed by atoms with van der Waals surface area (Å²) in [6.45, 7) is -0.404. The normalized spacial score (nSPS) is 10.4. The van der Waals surface area contributed by atoms with Gasteiger partial charge in [0, 0.05) is 19.2 Å².